The van der Waals surface area contributed by atoms with Crippen molar-refractivity contribution in [2.24, 2.45) is 5.92 Å². The van der Waals surface area contributed by atoms with E-state index in [0.29, 0.717) is 30.0 Å². The molecule has 0 unspecified atom stereocenters. The summed E-state index contributed by atoms with van der Waals surface area (Å²) in [6.45, 7) is 5.53. The van der Waals surface area contributed by atoms with E-state index >= 15 is 0 Å². The zero-order chi connectivity index (χ0) is 21.6. The number of aromatic nitrogens is 1. The number of ether oxygens (including phenoxy) is 1. The molecule has 0 aliphatic carbocycles. The van der Waals surface area contributed by atoms with Crippen molar-refractivity contribution in [1.29, 1.82) is 0 Å². The van der Waals surface area contributed by atoms with E-state index < -0.39 is 0 Å². The van der Waals surface area contributed by atoms with Crippen LogP contribution in [0.2, 0.25) is 5.02 Å². The number of amides is 1. The Bertz CT molecular complexity index is 846. The molecule has 0 radical (unpaired) electrons. The zero-order valence-corrected chi connectivity index (χ0v) is 18.8. The monoisotopic (exact) mass is 428 g/mol. The third-order valence-electron chi connectivity index (χ3n) is 4.59. The number of rotatable bonds is 13. The molecule has 0 aliphatic rings. The molecule has 0 fully saturated rings. The summed E-state index contributed by atoms with van der Waals surface area (Å²) < 4.78 is 5.77. The molecule has 0 saturated carbocycles. The fraction of sp³-hybridized carbons (Fsp3) is 0.440. The van der Waals surface area contributed by atoms with Crippen LogP contribution in [0.15, 0.2) is 54.6 Å². The molecule has 0 spiro atoms. The Morgan fingerprint density at radius 3 is 2.73 bits per heavy atom. The van der Waals surface area contributed by atoms with Gasteiger partial charge in [-0.3, -0.25) is 4.79 Å². The van der Waals surface area contributed by atoms with E-state index in [4.69, 9.17) is 16.3 Å². The third kappa shape index (κ3) is 9.45. The molecular weight excluding hydrogens is 396 g/mol. The van der Waals surface area contributed by atoms with E-state index in [0.717, 1.165) is 36.6 Å². The largest absolute Gasteiger partial charge is 0.478 e. The summed E-state index contributed by atoms with van der Waals surface area (Å²) >= 11 is 6.30. The highest BCUT2D eigenvalue weighted by Gasteiger charge is 2.04. The van der Waals surface area contributed by atoms with Gasteiger partial charge >= 0.3 is 0 Å². The van der Waals surface area contributed by atoms with Crippen molar-refractivity contribution in [1.82, 2.24) is 10.3 Å². The van der Waals surface area contributed by atoms with Crippen LogP contribution in [0.25, 0.3) is 10.9 Å². The van der Waals surface area contributed by atoms with Gasteiger partial charge in [-0.2, -0.15) is 0 Å². The van der Waals surface area contributed by atoms with Gasteiger partial charge in [-0.25, -0.2) is 4.98 Å². The Kier molecular flexibility index (Phi) is 11.0. The van der Waals surface area contributed by atoms with Crippen LogP contribution >= 0.6 is 11.6 Å². The number of allylic oxidation sites excluding steroid dienone is 3. The first-order chi connectivity index (χ1) is 14.6. The van der Waals surface area contributed by atoms with Gasteiger partial charge < -0.3 is 10.1 Å². The number of carbonyl (C=O) groups excluding carboxylic acids is 1. The van der Waals surface area contributed by atoms with E-state index in [1.54, 1.807) is 18.2 Å². The summed E-state index contributed by atoms with van der Waals surface area (Å²) in [6.07, 6.45) is 14.2. The van der Waals surface area contributed by atoms with Crippen LogP contribution in [0.4, 0.5) is 0 Å². The number of nitrogens with zero attached hydrogens (tertiary/aromatic N) is 1. The Labute approximate surface area is 185 Å². The second-order valence-electron chi connectivity index (χ2n) is 7.79. The van der Waals surface area contributed by atoms with Gasteiger partial charge in [0.15, 0.2) is 0 Å². The van der Waals surface area contributed by atoms with Gasteiger partial charge in [0.25, 0.3) is 0 Å². The first kappa shape index (κ1) is 23.9. The van der Waals surface area contributed by atoms with Gasteiger partial charge in [-0.1, -0.05) is 81.1 Å². The Hall–Kier alpha value is -2.33. The quantitative estimate of drug-likeness (QED) is 0.225. The molecule has 1 heterocycles. The van der Waals surface area contributed by atoms with Crippen LogP contribution in [0.5, 0.6) is 5.88 Å². The van der Waals surface area contributed by atoms with Crippen LogP contribution in [0, 0.1) is 5.92 Å². The minimum atomic E-state index is -0.0308. The summed E-state index contributed by atoms with van der Waals surface area (Å²) in [4.78, 5) is 16.0. The average molecular weight is 429 g/mol. The number of hydrogen-bond donors (Lipinski definition) is 1. The molecule has 5 heteroatoms. The van der Waals surface area contributed by atoms with Crippen molar-refractivity contribution < 1.29 is 9.53 Å². The molecule has 1 aromatic heterocycles. The highest BCUT2D eigenvalue weighted by molar-refractivity contribution is 6.35. The van der Waals surface area contributed by atoms with E-state index in [-0.39, 0.29) is 5.91 Å². The number of pyridine rings is 1. The zero-order valence-electron chi connectivity index (χ0n) is 18.1. The molecule has 4 nitrogen and oxygen atoms in total. The van der Waals surface area contributed by atoms with Gasteiger partial charge in [-0.15, -0.1) is 0 Å². The molecule has 0 bridgehead atoms. The summed E-state index contributed by atoms with van der Waals surface area (Å²) in [5.74, 6) is 1.03. The summed E-state index contributed by atoms with van der Waals surface area (Å²) in [7, 11) is 0. The fourth-order valence-corrected chi connectivity index (χ4v) is 3.19. The normalized spacial score (nSPS) is 11.7. The van der Waals surface area contributed by atoms with Crippen molar-refractivity contribution >= 4 is 28.4 Å². The summed E-state index contributed by atoms with van der Waals surface area (Å²) in [5.41, 5.74) is 0.860. The van der Waals surface area contributed by atoms with Crippen molar-refractivity contribution in [2.75, 3.05) is 13.2 Å². The van der Waals surface area contributed by atoms with Crippen LogP contribution in [-0.4, -0.2) is 24.0 Å². The van der Waals surface area contributed by atoms with Gasteiger partial charge in [0.05, 0.1) is 17.1 Å². The van der Waals surface area contributed by atoms with Gasteiger partial charge in [0.2, 0.25) is 11.8 Å². The molecule has 1 aromatic carbocycles. The molecular formula is C25H33ClN2O2. The lowest BCUT2D eigenvalue weighted by Gasteiger charge is -2.07. The number of halogens is 1. The van der Waals surface area contributed by atoms with Gasteiger partial charge in [0.1, 0.15) is 0 Å². The topological polar surface area (TPSA) is 51.2 Å². The number of fused-ring (bicyclic) bond motifs is 1. The van der Waals surface area contributed by atoms with E-state index in [1.165, 1.54) is 12.8 Å². The van der Waals surface area contributed by atoms with Crippen LogP contribution < -0.4 is 10.1 Å². The first-order valence-corrected chi connectivity index (χ1v) is 11.2. The Morgan fingerprint density at radius 1 is 1.13 bits per heavy atom. The maximum absolute atomic E-state index is 11.5. The van der Waals surface area contributed by atoms with E-state index in [9.17, 15) is 4.79 Å². The number of unbranched alkanes of at least 4 members (excludes halogenated alkanes) is 5. The maximum atomic E-state index is 11.5. The smallest absolute Gasteiger partial charge is 0.243 e. The number of benzene rings is 1. The second-order valence-corrected chi connectivity index (χ2v) is 8.20. The minimum Gasteiger partial charge on any atom is -0.478 e. The van der Waals surface area contributed by atoms with Crippen molar-refractivity contribution in [2.45, 2.75) is 52.4 Å². The minimum absolute atomic E-state index is 0.0308. The number of para-hydroxylation sites is 1. The molecule has 1 amide bonds. The number of carbonyl (C=O) groups is 1. The predicted molar refractivity (Wildman–Crippen MR) is 126 cm³/mol. The molecule has 162 valence electrons. The molecule has 0 saturated heterocycles. The maximum Gasteiger partial charge on any atom is 0.243 e. The first-order valence-electron chi connectivity index (χ1n) is 10.9. The molecule has 1 N–H and O–H groups in total. The Morgan fingerprint density at radius 2 is 1.90 bits per heavy atom. The molecule has 30 heavy (non-hydrogen) atoms. The molecule has 0 aliphatic heterocycles. The number of hydrogen-bond acceptors (Lipinski definition) is 3. The lowest BCUT2D eigenvalue weighted by molar-refractivity contribution is -0.116. The fourth-order valence-electron chi connectivity index (χ4n) is 2.94. The lowest BCUT2D eigenvalue weighted by atomic mass is 10.1. The highest BCUT2D eigenvalue weighted by Crippen LogP contribution is 2.26. The average Bonchev–Trinajstić information content (AvgIpc) is 2.73. The lowest BCUT2D eigenvalue weighted by Crippen LogP contribution is -2.25. The number of nitrogens with one attached hydrogen (secondary N) is 1. The SMILES string of the molecule is CC(C)CNC(=O)/C=C/C=C/CCCCCCCOc1cc(Cl)c2ccccc2n1. The molecule has 2 rings (SSSR count). The van der Waals surface area contributed by atoms with E-state index in [2.05, 4.69) is 30.2 Å². The second kappa shape index (κ2) is 13.8. The van der Waals surface area contributed by atoms with Crippen LogP contribution in [0.1, 0.15) is 52.4 Å². The van der Waals surface area contributed by atoms with Crippen molar-refractivity contribution in [3.8, 4) is 5.88 Å². The summed E-state index contributed by atoms with van der Waals surface area (Å²) in [5, 5.41) is 4.48. The molecule has 2 aromatic rings. The van der Waals surface area contributed by atoms with Crippen LogP contribution in [-0.2, 0) is 4.79 Å². The summed E-state index contributed by atoms with van der Waals surface area (Å²) in [6, 6.07) is 9.60. The highest BCUT2D eigenvalue weighted by atomic mass is 35.5. The van der Waals surface area contributed by atoms with Gasteiger partial charge in [-0.05, 0) is 31.2 Å². The predicted octanol–water partition coefficient (Wildman–Crippen LogP) is 6.49. The van der Waals surface area contributed by atoms with Gasteiger partial charge in [0, 0.05) is 24.1 Å². The van der Waals surface area contributed by atoms with Crippen LogP contribution in [0.3, 0.4) is 0 Å². The molecule has 0 atom stereocenters. The van der Waals surface area contributed by atoms with Crippen molar-refractivity contribution in [3.63, 3.8) is 0 Å². The third-order valence-corrected chi connectivity index (χ3v) is 4.90. The van der Waals surface area contributed by atoms with E-state index in [1.807, 2.05) is 30.3 Å². The Balaban J connectivity index is 1.50. The standard InChI is InChI=1S/C25H33ClN2O2/c1-20(2)19-27-24(29)16-10-8-6-4-3-5-7-9-13-17-30-25-18-22(26)21-14-11-12-15-23(21)28-25/h6,8,10-12,14-16,18,20H,3-5,7,9,13,17,19H2,1-2H3,(H,27,29)/b8-6+,16-10+. The van der Waals surface area contributed by atoms with Crippen molar-refractivity contribution in [3.05, 3.63) is 59.7 Å².